The average molecular weight is 292 g/mol. The molecule has 2 N–H and O–H groups in total. The van der Waals surface area contributed by atoms with Crippen LogP contribution in [0.3, 0.4) is 0 Å². The second-order valence-corrected chi connectivity index (χ2v) is 5.51. The Balaban J connectivity index is 2.52. The van der Waals surface area contributed by atoms with Gasteiger partial charge in [-0.3, -0.25) is 0 Å². The molecule has 1 aromatic carbocycles. The number of hydrogen-bond acceptors (Lipinski definition) is 1. The number of benzene rings is 1. The van der Waals surface area contributed by atoms with Gasteiger partial charge in [0.2, 0.25) is 0 Å². The molecule has 0 aliphatic carbocycles. The SMILES string of the molecule is CCCCCCNC(=S)Nc1c(CC)cccc1CC. The van der Waals surface area contributed by atoms with Crippen LogP contribution < -0.4 is 10.6 Å². The topological polar surface area (TPSA) is 24.1 Å². The predicted molar refractivity (Wildman–Crippen MR) is 93.6 cm³/mol. The van der Waals surface area contributed by atoms with Crippen LogP contribution in [-0.4, -0.2) is 11.7 Å². The molecule has 0 spiro atoms. The first-order valence-electron chi connectivity index (χ1n) is 7.88. The number of rotatable bonds is 8. The minimum atomic E-state index is 0.747. The zero-order chi connectivity index (χ0) is 14.8. The smallest absolute Gasteiger partial charge is 0.170 e. The van der Waals surface area contributed by atoms with E-state index in [-0.39, 0.29) is 0 Å². The molecule has 0 saturated heterocycles. The van der Waals surface area contributed by atoms with Crippen LogP contribution in [0.15, 0.2) is 18.2 Å². The molecule has 112 valence electrons. The number of hydrogen-bond donors (Lipinski definition) is 2. The number of aryl methyl sites for hydroxylation is 2. The van der Waals surface area contributed by atoms with E-state index < -0.39 is 0 Å². The van der Waals surface area contributed by atoms with Gasteiger partial charge in [0.1, 0.15) is 0 Å². The van der Waals surface area contributed by atoms with Crippen molar-refractivity contribution in [1.82, 2.24) is 5.32 Å². The van der Waals surface area contributed by atoms with Crippen LogP contribution in [0.4, 0.5) is 5.69 Å². The highest BCUT2D eigenvalue weighted by Crippen LogP contribution is 2.22. The summed E-state index contributed by atoms with van der Waals surface area (Å²) in [5.41, 5.74) is 3.86. The van der Waals surface area contributed by atoms with E-state index in [1.165, 1.54) is 42.5 Å². The molecule has 20 heavy (non-hydrogen) atoms. The highest BCUT2D eigenvalue weighted by atomic mass is 32.1. The van der Waals surface area contributed by atoms with Crippen LogP contribution >= 0.6 is 12.2 Å². The van der Waals surface area contributed by atoms with Crippen LogP contribution in [0.1, 0.15) is 57.6 Å². The third-order valence-corrected chi connectivity index (χ3v) is 3.80. The summed E-state index contributed by atoms with van der Waals surface area (Å²) in [6.07, 6.45) is 7.08. The Bertz CT molecular complexity index is 393. The lowest BCUT2D eigenvalue weighted by atomic mass is 10.0. The van der Waals surface area contributed by atoms with Crippen molar-refractivity contribution in [3.8, 4) is 0 Å². The zero-order valence-corrected chi connectivity index (χ0v) is 13.9. The maximum absolute atomic E-state index is 5.41. The van der Waals surface area contributed by atoms with E-state index >= 15 is 0 Å². The predicted octanol–water partition coefficient (Wildman–Crippen LogP) is 4.68. The van der Waals surface area contributed by atoms with Gasteiger partial charge in [-0.25, -0.2) is 0 Å². The van der Waals surface area contributed by atoms with Crippen LogP contribution in [0.5, 0.6) is 0 Å². The molecule has 1 aromatic rings. The molecule has 0 aromatic heterocycles. The van der Waals surface area contributed by atoms with Gasteiger partial charge in [0.05, 0.1) is 0 Å². The van der Waals surface area contributed by atoms with Crippen molar-refractivity contribution in [2.75, 3.05) is 11.9 Å². The second-order valence-electron chi connectivity index (χ2n) is 5.10. The molecule has 0 unspecified atom stereocenters. The standard InChI is InChI=1S/C17H28N2S/c1-4-7-8-9-13-18-17(20)19-16-14(5-2)11-10-12-15(16)6-3/h10-12H,4-9,13H2,1-3H3,(H2,18,19,20). The molecular weight excluding hydrogens is 264 g/mol. The molecule has 2 nitrogen and oxygen atoms in total. The Morgan fingerprint density at radius 3 is 2.20 bits per heavy atom. The minimum Gasteiger partial charge on any atom is -0.362 e. The summed E-state index contributed by atoms with van der Waals surface area (Å²) < 4.78 is 0. The molecule has 0 radical (unpaired) electrons. The first-order chi connectivity index (χ1) is 9.72. The minimum absolute atomic E-state index is 0.747. The van der Waals surface area contributed by atoms with Gasteiger partial charge >= 0.3 is 0 Å². The van der Waals surface area contributed by atoms with Crippen LogP contribution in [-0.2, 0) is 12.8 Å². The molecule has 0 atom stereocenters. The van der Waals surface area contributed by atoms with Gasteiger partial charge < -0.3 is 10.6 Å². The monoisotopic (exact) mass is 292 g/mol. The number of unbranched alkanes of at least 4 members (excludes halogenated alkanes) is 3. The molecule has 0 aliphatic heterocycles. The highest BCUT2D eigenvalue weighted by molar-refractivity contribution is 7.80. The largest absolute Gasteiger partial charge is 0.362 e. The van der Waals surface area contributed by atoms with E-state index in [4.69, 9.17) is 12.2 Å². The Hall–Kier alpha value is -1.09. The van der Waals surface area contributed by atoms with Crippen LogP contribution in [0.2, 0.25) is 0 Å². The number of thiocarbonyl (C=S) groups is 1. The normalized spacial score (nSPS) is 10.3. The molecule has 1 rings (SSSR count). The molecule has 0 heterocycles. The van der Waals surface area contributed by atoms with Gasteiger partial charge in [0.25, 0.3) is 0 Å². The number of anilines is 1. The fourth-order valence-corrected chi connectivity index (χ4v) is 2.52. The van der Waals surface area contributed by atoms with Crippen molar-refractivity contribution < 1.29 is 0 Å². The quantitative estimate of drug-likeness (QED) is 0.537. The third kappa shape index (κ3) is 5.49. The van der Waals surface area contributed by atoms with E-state index in [1.54, 1.807) is 0 Å². The van der Waals surface area contributed by atoms with Crippen molar-refractivity contribution in [3.05, 3.63) is 29.3 Å². The summed E-state index contributed by atoms with van der Waals surface area (Å²) in [5, 5.41) is 7.45. The third-order valence-electron chi connectivity index (χ3n) is 3.55. The lowest BCUT2D eigenvalue weighted by molar-refractivity contribution is 0.655. The van der Waals surface area contributed by atoms with Crippen molar-refractivity contribution in [3.63, 3.8) is 0 Å². The number of nitrogens with one attached hydrogen (secondary N) is 2. The van der Waals surface area contributed by atoms with Gasteiger partial charge in [0, 0.05) is 12.2 Å². The number of para-hydroxylation sites is 1. The van der Waals surface area contributed by atoms with Crippen molar-refractivity contribution in [2.24, 2.45) is 0 Å². The summed E-state index contributed by atoms with van der Waals surface area (Å²) in [6, 6.07) is 6.47. The van der Waals surface area contributed by atoms with E-state index in [9.17, 15) is 0 Å². The summed E-state index contributed by atoms with van der Waals surface area (Å²) in [6.45, 7) is 7.55. The highest BCUT2D eigenvalue weighted by Gasteiger charge is 2.07. The van der Waals surface area contributed by atoms with Gasteiger partial charge in [0.15, 0.2) is 5.11 Å². The van der Waals surface area contributed by atoms with Gasteiger partial charge in [-0.2, -0.15) is 0 Å². The van der Waals surface area contributed by atoms with Gasteiger partial charge in [-0.15, -0.1) is 0 Å². The fourth-order valence-electron chi connectivity index (χ4n) is 2.31. The van der Waals surface area contributed by atoms with Gasteiger partial charge in [-0.05, 0) is 42.6 Å². The first-order valence-corrected chi connectivity index (χ1v) is 8.29. The average Bonchev–Trinajstić information content (AvgIpc) is 2.47. The summed E-state index contributed by atoms with van der Waals surface area (Å²) in [5.74, 6) is 0. The Morgan fingerprint density at radius 1 is 1.00 bits per heavy atom. The molecule has 0 bridgehead atoms. The molecule has 0 fully saturated rings. The Labute approximate surface area is 129 Å². The maximum atomic E-state index is 5.41. The van der Waals surface area contributed by atoms with Crippen LogP contribution in [0, 0.1) is 0 Å². The summed E-state index contributed by atoms with van der Waals surface area (Å²) >= 11 is 5.41. The molecule has 0 saturated carbocycles. The molecule has 0 amide bonds. The van der Waals surface area contributed by atoms with Crippen molar-refractivity contribution in [2.45, 2.75) is 59.3 Å². The fraction of sp³-hybridized carbons (Fsp3) is 0.588. The van der Waals surface area contributed by atoms with E-state index in [0.717, 1.165) is 24.5 Å². The van der Waals surface area contributed by atoms with E-state index in [0.29, 0.717) is 0 Å². The maximum Gasteiger partial charge on any atom is 0.170 e. The summed E-state index contributed by atoms with van der Waals surface area (Å²) in [7, 11) is 0. The van der Waals surface area contributed by atoms with Crippen LogP contribution in [0.25, 0.3) is 0 Å². The molecule has 0 aliphatic rings. The lowest BCUT2D eigenvalue weighted by Gasteiger charge is -2.16. The molecular formula is C17H28N2S. The lowest BCUT2D eigenvalue weighted by Crippen LogP contribution is -2.30. The molecule has 3 heteroatoms. The zero-order valence-electron chi connectivity index (χ0n) is 13.1. The Kier molecular flexibility index (Phi) is 8.28. The van der Waals surface area contributed by atoms with E-state index in [2.05, 4.69) is 49.6 Å². The second kappa shape index (κ2) is 9.76. The van der Waals surface area contributed by atoms with E-state index in [1.807, 2.05) is 0 Å². The van der Waals surface area contributed by atoms with Crippen molar-refractivity contribution in [1.29, 1.82) is 0 Å². The summed E-state index contributed by atoms with van der Waals surface area (Å²) in [4.78, 5) is 0. The van der Waals surface area contributed by atoms with Gasteiger partial charge in [-0.1, -0.05) is 58.2 Å². The first kappa shape index (κ1) is 17.0. The van der Waals surface area contributed by atoms with Crippen molar-refractivity contribution >= 4 is 23.0 Å². The Morgan fingerprint density at radius 2 is 1.65 bits per heavy atom.